The molecule has 0 amide bonds. The fraction of sp³-hybridized carbons (Fsp3) is 0.182. The van der Waals surface area contributed by atoms with Crippen molar-refractivity contribution in [1.29, 1.82) is 0 Å². The number of thiazole rings is 1. The summed E-state index contributed by atoms with van der Waals surface area (Å²) in [5.41, 5.74) is 1.32. The molecule has 9 heteroatoms. The van der Waals surface area contributed by atoms with Crippen LogP contribution in [0.5, 0.6) is 17.2 Å². The molecule has 0 fully saturated rings. The number of benzene rings is 2. The molecule has 3 rings (SSSR count). The SMILES string of the molecule is COc1cc(/C=C/C(=O)OCc2csc(COc3ccc(Cl)cc3)n2)cc(Cl)c1OC. The first-order chi connectivity index (χ1) is 15.0. The number of esters is 1. The highest BCUT2D eigenvalue weighted by Gasteiger charge is 2.10. The van der Waals surface area contributed by atoms with Gasteiger partial charge in [0.2, 0.25) is 0 Å². The standard InChI is InChI=1S/C22H19Cl2NO5S/c1-27-19-10-14(9-18(24)22(19)28-2)3-8-21(26)30-11-16-13-31-20(25-16)12-29-17-6-4-15(23)5-7-17/h3-10,13H,11-12H2,1-2H3/b8-3+. The second-order valence-corrected chi connectivity index (χ2v) is 7.94. The number of hydrogen-bond acceptors (Lipinski definition) is 7. The van der Waals surface area contributed by atoms with Crippen LogP contribution in [0.15, 0.2) is 47.9 Å². The molecule has 0 bridgehead atoms. The predicted molar refractivity (Wildman–Crippen MR) is 121 cm³/mol. The van der Waals surface area contributed by atoms with Crippen molar-refractivity contribution >= 4 is 46.6 Å². The summed E-state index contributed by atoms with van der Waals surface area (Å²) in [6.07, 6.45) is 2.90. The Balaban J connectivity index is 1.51. The minimum Gasteiger partial charge on any atom is -0.493 e. The Hall–Kier alpha value is -2.74. The molecular formula is C22H19Cl2NO5S. The van der Waals surface area contributed by atoms with Crippen LogP contribution in [0, 0.1) is 0 Å². The Kier molecular flexibility index (Phi) is 8.17. The fourth-order valence-corrected chi connectivity index (χ4v) is 3.66. The third kappa shape index (κ3) is 6.62. The van der Waals surface area contributed by atoms with Crippen molar-refractivity contribution in [3.63, 3.8) is 0 Å². The van der Waals surface area contributed by atoms with E-state index < -0.39 is 5.97 Å². The number of aromatic nitrogens is 1. The van der Waals surface area contributed by atoms with Gasteiger partial charge in [-0.3, -0.25) is 0 Å². The van der Waals surface area contributed by atoms with Gasteiger partial charge in [0.25, 0.3) is 0 Å². The minimum atomic E-state index is -0.502. The number of halogens is 2. The van der Waals surface area contributed by atoms with E-state index in [1.54, 1.807) is 42.5 Å². The molecule has 0 aliphatic rings. The van der Waals surface area contributed by atoms with Crippen LogP contribution in [0.2, 0.25) is 10.0 Å². The monoisotopic (exact) mass is 479 g/mol. The average Bonchev–Trinajstić information content (AvgIpc) is 3.23. The number of carbonyl (C=O) groups is 1. The number of hydrogen-bond donors (Lipinski definition) is 0. The molecular weight excluding hydrogens is 461 g/mol. The first-order valence-corrected chi connectivity index (χ1v) is 10.7. The number of methoxy groups -OCH3 is 2. The molecule has 31 heavy (non-hydrogen) atoms. The van der Waals surface area contributed by atoms with Gasteiger partial charge in [0, 0.05) is 16.5 Å². The molecule has 0 aliphatic carbocycles. The predicted octanol–water partition coefficient (Wildman–Crippen LogP) is 5.80. The number of rotatable bonds is 9. The molecule has 0 aliphatic heterocycles. The van der Waals surface area contributed by atoms with Crippen LogP contribution in [0.1, 0.15) is 16.3 Å². The normalized spacial score (nSPS) is 10.8. The summed E-state index contributed by atoms with van der Waals surface area (Å²) < 4.78 is 21.3. The van der Waals surface area contributed by atoms with Crippen LogP contribution in [-0.2, 0) is 22.7 Å². The summed E-state index contributed by atoms with van der Waals surface area (Å²) >= 11 is 13.5. The van der Waals surface area contributed by atoms with Gasteiger partial charge in [-0.1, -0.05) is 23.2 Å². The Morgan fingerprint density at radius 3 is 2.58 bits per heavy atom. The summed E-state index contributed by atoms with van der Waals surface area (Å²) in [5, 5.41) is 3.63. The molecule has 0 saturated heterocycles. The van der Waals surface area contributed by atoms with E-state index in [0.29, 0.717) is 45.2 Å². The lowest BCUT2D eigenvalue weighted by Crippen LogP contribution is -2.02. The van der Waals surface area contributed by atoms with Crippen LogP contribution in [-0.4, -0.2) is 25.2 Å². The minimum absolute atomic E-state index is 0.0628. The Morgan fingerprint density at radius 2 is 1.87 bits per heavy atom. The highest BCUT2D eigenvalue weighted by Crippen LogP contribution is 2.36. The van der Waals surface area contributed by atoms with Crippen molar-refractivity contribution in [2.75, 3.05) is 14.2 Å². The Labute approximate surface area is 193 Å². The maximum absolute atomic E-state index is 12.0. The van der Waals surface area contributed by atoms with Crippen molar-refractivity contribution < 1.29 is 23.7 Å². The van der Waals surface area contributed by atoms with Crippen LogP contribution in [0.4, 0.5) is 0 Å². The van der Waals surface area contributed by atoms with E-state index in [-0.39, 0.29) is 6.61 Å². The maximum atomic E-state index is 12.0. The molecule has 3 aromatic rings. The molecule has 6 nitrogen and oxygen atoms in total. The van der Waals surface area contributed by atoms with Gasteiger partial charge < -0.3 is 18.9 Å². The average molecular weight is 480 g/mol. The maximum Gasteiger partial charge on any atom is 0.331 e. The van der Waals surface area contributed by atoms with Crippen molar-refractivity contribution in [3.8, 4) is 17.2 Å². The summed E-state index contributed by atoms with van der Waals surface area (Å²) in [4.78, 5) is 16.4. The van der Waals surface area contributed by atoms with Crippen LogP contribution in [0.3, 0.4) is 0 Å². The third-order valence-corrected chi connectivity index (χ3v) is 5.41. The van der Waals surface area contributed by atoms with Gasteiger partial charge in [-0.25, -0.2) is 9.78 Å². The smallest absolute Gasteiger partial charge is 0.331 e. The molecule has 2 aromatic carbocycles. The van der Waals surface area contributed by atoms with Crippen molar-refractivity contribution in [2.45, 2.75) is 13.2 Å². The first kappa shape index (κ1) is 22.9. The zero-order valence-electron chi connectivity index (χ0n) is 16.8. The molecule has 162 valence electrons. The quantitative estimate of drug-likeness (QED) is 0.285. The largest absolute Gasteiger partial charge is 0.493 e. The van der Waals surface area contributed by atoms with E-state index in [2.05, 4.69) is 4.98 Å². The molecule has 0 spiro atoms. The lowest BCUT2D eigenvalue weighted by molar-refractivity contribution is -0.139. The first-order valence-electron chi connectivity index (χ1n) is 9.06. The Morgan fingerprint density at radius 1 is 1.10 bits per heavy atom. The number of carbonyl (C=O) groups excluding carboxylic acids is 1. The van der Waals surface area contributed by atoms with Gasteiger partial charge in [-0.2, -0.15) is 0 Å². The summed E-state index contributed by atoms with van der Waals surface area (Å²) in [6, 6.07) is 10.5. The van der Waals surface area contributed by atoms with Crippen LogP contribution < -0.4 is 14.2 Å². The van der Waals surface area contributed by atoms with Gasteiger partial charge in [0.15, 0.2) is 11.5 Å². The molecule has 0 atom stereocenters. The summed E-state index contributed by atoms with van der Waals surface area (Å²) in [5.74, 6) is 1.10. The summed E-state index contributed by atoms with van der Waals surface area (Å²) in [6.45, 7) is 0.382. The van der Waals surface area contributed by atoms with E-state index in [1.165, 1.54) is 31.6 Å². The zero-order chi connectivity index (χ0) is 22.2. The van der Waals surface area contributed by atoms with E-state index in [4.69, 9.17) is 42.1 Å². The highest BCUT2D eigenvalue weighted by molar-refractivity contribution is 7.09. The lowest BCUT2D eigenvalue weighted by Gasteiger charge is -2.10. The summed E-state index contributed by atoms with van der Waals surface area (Å²) in [7, 11) is 3.02. The van der Waals surface area contributed by atoms with Gasteiger partial charge >= 0.3 is 5.97 Å². The van der Waals surface area contributed by atoms with Crippen LogP contribution in [0.25, 0.3) is 6.08 Å². The van der Waals surface area contributed by atoms with E-state index in [1.807, 2.05) is 5.38 Å². The Bertz CT molecular complexity index is 1070. The van der Waals surface area contributed by atoms with Gasteiger partial charge in [0.05, 0.1) is 24.9 Å². The van der Waals surface area contributed by atoms with Crippen molar-refractivity contribution in [3.05, 3.63) is 74.2 Å². The van der Waals surface area contributed by atoms with E-state index in [9.17, 15) is 4.79 Å². The van der Waals surface area contributed by atoms with E-state index >= 15 is 0 Å². The zero-order valence-corrected chi connectivity index (χ0v) is 19.1. The van der Waals surface area contributed by atoms with Crippen molar-refractivity contribution in [2.24, 2.45) is 0 Å². The van der Waals surface area contributed by atoms with Gasteiger partial charge in [-0.15, -0.1) is 11.3 Å². The van der Waals surface area contributed by atoms with Gasteiger partial charge in [0.1, 0.15) is 24.0 Å². The topological polar surface area (TPSA) is 66.9 Å². The van der Waals surface area contributed by atoms with Crippen molar-refractivity contribution in [1.82, 2.24) is 4.98 Å². The fourth-order valence-electron chi connectivity index (χ4n) is 2.55. The second kappa shape index (κ2) is 11.0. The third-order valence-electron chi connectivity index (χ3n) is 4.01. The molecule has 0 saturated carbocycles. The van der Waals surface area contributed by atoms with Gasteiger partial charge in [-0.05, 0) is 48.0 Å². The molecule has 0 radical (unpaired) electrons. The number of nitrogens with zero attached hydrogens (tertiary/aromatic N) is 1. The number of ether oxygens (including phenoxy) is 4. The lowest BCUT2D eigenvalue weighted by atomic mass is 10.2. The second-order valence-electron chi connectivity index (χ2n) is 6.15. The molecule has 1 aromatic heterocycles. The van der Waals surface area contributed by atoms with Crippen LogP contribution >= 0.6 is 34.5 Å². The molecule has 1 heterocycles. The molecule has 0 N–H and O–H groups in total. The highest BCUT2D eigenvalue weighted by atomic mass is 35.5. The van der Waals surface area contributed by atoms with E-state index in [0.717, 1.165) is 5.01 Å². The molecule has 0 unspecified atom stereocenters.